The Kier molecular flexibility index (Phi) is 5.54. The third-order valence-corrected chi connectivity index (χ3v) is 4.73. The molecule has 1 heterocycles. The van der Waals surface area contributed by atoms with Crippen molar-refractivity contribution in [2.75, 3.05) is 26.7 Å². The van der Waals surface area contributed by atoms with E-state index in [0.29, 0.717) is 30.2 Å². The Morgan fingerprint density at radius 1 is 1.32 bits per heavy atom. The SMILES string of the molecule is CCN(C)CCNS(=O)(=O)c1c(C)oc(C)c1CO. The predicted octanol–water partition coefficient (Wildman–Crippen LogP) is 0.619. The van der Waals surface area contributed by atoms with Crippen molar-refractivity contribution in [3.05, 3.63) is 17.1 Å². The first kappa shape index (κ1) is 16.2. The molecule has 0 aromatic carbocycles. The minimum atomic E-state index is -3.65. The molecule has 0 spiro atoms. The second-order valence-electron chi connectivity index (χ2n) is 4.47. The van der Waals surface area contributed by atoms with E-state index in [9.17, 15) is 13.5 Å². The molecule has 1 aromatic rings. The third-order valence-electron chi connectivity index (χ3n) is 3.08. The Morgan fingerprint density at radius 2 is 1.95 bits per heavy atom. The van der Waals surface area contributed by atoms with Crippen LogP contribution in [0.2, 0.25) is 0 Å². The molecule has 0 atom stereocenters. The minimum Gasteiger partial charge on any atom is -0.465 e. The molecule has 0 aliphatic heterocycles. The number of aliphatic hydroxyl groups excluding tert-OH is 1. The van der Waals surface area contributed by atoms with Gasteiger partial charge in [-0.05, 0) is 27.4 Å². The lowest BCUT2D eigenvalue weighted by atomic mass is 10.2. The van der Waals surface area contributed by atoms with E-state index in [2.05, 4.69) is 4.72 Å². The molecule has 1 aromatic heterocycles. The van der Waals surface area contributed by atoms with Crippen molar-refractivity contribution in [3.63, 3.8) is 0 Å². The molecule has 2 N–H and O–H groups in total. The monoisotopic (exact) mass is 290 g/mol. The summed E-state index contributed by atoms with van der Waals surface area (Å²) in [6, 6.07) is 0. The molecule has 0 aliphatic rings. The first-order valence-corrected chi connectivity index (χ1v) is 7.69. The number of aliphatic hydroxyl groups is 1. The molecular formula is C12H22N2O4S. The van der Waals surface area contributed by atoms with Gasteiger partial charge in [0.1, 0.15) is 16.4 Å². The molecule has 0 saturated heterocycles. The number of sulfonamides is 1. The van der Waals surface area contributed by atoms with Crippen LogP contribution in [-0.2, 0) is 16.6 Å². The summed E-state index contributed by atoms with van der Waals surface area (Å²) in [5.41, 5.74) is 0.328. The maximum absolute atomic E-state index is 12.2. The third kappa shape index (κ3) is 3.79. The number of rotatable bonds is 7. The minimum absolute atomic E-state index is 0.0617. The first-order valence-electron chi connectivity index (χ1n) is 6.21. The lowest BCUT2D eigenvalue weighted by Crippen LogP contribution is -2.33. The van der Waals surface area contributed by atoms with Crippen LogP contribution in [0.1, 0.15) is 24.0 Å². The van der Waals surface area contributed by atoms with E-state index >= 15 is 0 Å². The van der Waals surface area contributed by atoms with Crippen molar-refractivity contribution in [2.24, 2.45) is 0 Å². The van der Waals surface area contributed by atoms with Crippen LogP contribution >= 0.6 is 0 Å². The van der Waals surface area contributed by atoms with E-state index < -0.39 is 10.0 Å². The van der Waals surface area contributed by atoms with Gasteiger partial charge in [0, 0.05) is 18.7 Å². The number of furan rings is 1. The molecule has 0 fully saturated rings. The Morgan fingerprint density at radius 3 is 2.47 bits per heavy atom. The van der Waals surface area contributed by atoms with Gasteiger partial charge < -0.3 is 14.4 Å². The highest BCUT2D eigenvalue weighted by Gasteiger charge is 2.26. The Labute approximate surface area is 114 Å². The van der Waals surface area contributed by atoms with Crippen LogP contribution in [0, 0.1) is 13.8 Å². The lowest BCUT2D eigenvalue weighted by Gasteiger charge is -2.14. The Hall–Kier alpha value is -0.890. The number of nitrogens with zero attached hydrogens (tertiary/aromatic N) is 1. The zero-order valence-corrected chi connectivity index (χ0v) is 12.7. The van der Waals surface area contributed by atoms with E-state index in [0.717, 1.165) is 6.54 Å². The van der Waals surface area contributed by atoms with Crippen molar-refractivity contribution in [2.45, 2.75) is 32.3 Å². The fraction of sp³-hybridized carbons (Fsp3) is 0.667. The second kappa shape index (κ2) is 6.51. The second-order valence-corrected chi connectivity index (χ2v) is 6.18. The average Bonchev–Trinajstić information content (AvgIpc) is 2.63. The van der Waals surface area contributed by atoms with E-state index in [1.807, 2.05) is 18.9 Å². The molecule has 7 heteroatoms. The van der Waals surface area contributed by atoms with Crippen LogP contribution < -0.4 is 4.72 Å². The van der Waals surface area contributed by atoms with E-state index in [1.165, 1.54) is 0 Å². The predicted molar refractivity (Wildman–Crippen MR) is 72.5 cm³/mol. The highest BCUT2D eigenvalue weighted by Crippen LogP contribution is 2.26. The van der Waals surface area contributed by atoms with Gasteiger partial charge in [-0.15, -0.1) is 0 Å². The number of nitrogens with one attached hydrogen (secondary N) is 1. The molecule has 0 bridgehead atoms. The first-order chi connectivity index (χ1) is 8.83. The molecular weight excluding hydrogens is 268 g/mol. The topological polar surface area (TPSA) is 82.8 Å². The van der Waals surface area contributed by atoms with Crippen molar-refractivity contribution >= 4 is 10.0 Å². The Balaban J connectivity index is 2.89. The molecule has 19 heavy (non-hydrogen) atoms. The highest BCUT2D eigenvalue weighted by atomic mass is 32.2. The van der Waals surface area contributed by atoms with Crippen LogP contribution in [0.25, 0.3) is 0 Å². The van der Waals surface area contributed by atoms with Gasteiger partial charge in [0.2, 0.25) is 10.0 Å². The molecule has 1 rings (SSSR count). The summed E-state index contributed by atoms with van der Waals surface area (Å²) < 4.78 is 32.2. The standard InChI is InChI=1S/C12H22N2O4S/c1-5-14(4)7-6-13-19(16,17)12-10(3)18-9(2)11(12)8-15/h13,15H,5-8H2,1-4H3. The molecule has 0 amide bonds. The van der Waals surface area contributed by atoms with Crippen LogP contribution in [0.4, 0.5) is 0 Å². The highest BCUT2D eigenvalue weighted by molar-refractivity contribution is 7.89. The van der Waals surface area contributed by atoms with Gasteiger partial charge in [-0.25, -0.2) is 13.1 Å². The van der Waals surface area contributed by atoms with Gasteiger partial charge in [0.25, 0.3) is 0 Å². The average molecular weight is 290 g/mol. The summed E-state index contributed by atoms with van der Waals surface area (Å²) in [6.45, 7) is 6.67. The number of likely N-dealkylation sites (N-methyl/N-ethyl adjacent to an activating group) is 1. The van der Waals surface area contributed by atoms with Gasteiger partial charge in [-0.3, -0.25) is 0 Å². The van der Waals surface area contributed by atoms with Crippen molar-refractivity contribution in [3.8, 4) is 0 Å². The summed E-state index contributed by atoms with van der Waals surface area (Å²) in [4.78, 5) is 2.06. The molecule has 6 nitrogen and oxygen atoms in total. The van der Waals surface area contributed by atoms with E-state index in [4.69, 9.17) is 4.42 Å². The maximum Gasteiger partial charge on any atom is 0.244 e. The maximum atomic E-state index is 12.2. The van der Waals surface area contributed by atoms with Crippen LogP contribution in [0.3, 0.4) is 0 Å². The number of aryl methyl sites for hydroxylation is 2. The zero-order valence-electron chi connectivity index (χ0n) is 11.9. The summed E-state index contributed by atoms with van der Waals surface area (Å²) in [5, 5.41) is 9.27. The summed E-state index contributed by atoms with van der Waals surface area (Å²) >= 11 is 0. The summed E-state index contributed by atoms with van der Waals surface area (Å²) in [6.07, 6.45) is 0. The number of hydrogen-bond donors (Lipinski definition) is 2. The summed E-state index contributed by atoms with van der Waals surface area (Å²) in [7, 11) is -1.73. The Bertz CT molecular complexity index is 522. The van der Waals surface area contributed by atoms with E-state index in [-0.39, 0.29) is 11.5 Å². The molecule has 0 aliphatic carbocycles. The van der Waals surface area contributed by atoms with Gasteiger partial charge in [0.15, 0.2) is 0 Å². The largest absolute Gasteiger partial charge is 0.465 e. The van der Waals surface area contributed by atoms with Crippen LogP contribution in [-0.4, -0.2) is 45.1 Å². The zero-order chi connectivity index (χ0) is 14.6. The molecule has 0 unspecified atom stereocenters. The normalized spacial score (nSPS) is 12.3. The van der Waals surface area contributed by atoms with Crippen molar-refractivity contribution < 1.29 is 17.9 Å². The van der Waals surface area contributed by atoms with Gasteiger partial charge >= 0.3 is 0 Å². The van der Waals surface area contributed by atoms with Crippen molar-refractivity contribution in [1.82, 2.24) is 9.62 Å². The van der Waals surface area contributed by atoms with Gasteiger partial charge in [-0.1, -0.05) is 6.92 Å². The van der Waals surface area contributed by atoms with E-state index in [1.54, 1.807) is 13.8 Å². The summed E-state index contributed by atoms with van der Waals surface area (Å²) in [5.74, 6) is 0.740. The van der Waals surface area contributed by atoms with Gasteiger partial charge in [-0.2, -0.15) is 0 Å². The van der Waals surface area contributed by atoms with Gasteiger partial charge in [0.05, 0.1) is 6.61 Å². The lowest BCUT2D eigenvalue weighted by molar-refractivity contribution is 0.276. The molecule has 0 saturated carbocycles. The fourth-order valence-corrected chi connectivity index (χ4v) is 3.30. The van der Waals surface area contributed by atoms with Crippen LogP contribution in [0.5, 0.6) is 0 Å². The fourth-order valence-electron chi connectivity index (χ4n) is 1.85. The van der Waals surface area contributed by atoms with Crippen molar-refractivity contribution in [1.29, 1.82) is 0 Å². The smallest absolute Gasteiger partial charge is 0.244 e. The molecule has 0 radical (unpaired) electrons. The quantitative estimate of drug-likeness (QED) is 0.769. The molecule has 110 valence electrons. The number of hydrogen-bond acceptors (Lipinski definition) is 5. The van der Waals surface area contributed by atoms with Crippen LogP contribution in [0.15, 0.2) is 9.31 Å².